The van der Waals surface area contributed by atoms with E-state index in [-0.39, 0.29) is 17.7 Å². The minimum Gasteiger partial charge on any atom is -0.297 e. The SMILES string of the molecule is C#CCC(=O)C1(N(C)C)CCCCCC1. The molecule has 0 bridgehead atoms. The second-order valence-corrected chi connectivity index (χ2v) is 4.64. The maximum absolute atomic E-state index is 12.1. The fourth-order valence-corrected chi connectivity index (χ4v) is 2.55. The summed E-state index contributed by atoms with van der Waals surface area (Å²) >= 11 is 0. The Balaban J connectivity index is 2.85. The number of hydrogen-bond acceptors (Lipinski definition) is 2. The van der Waals surface area contributed by atoms with Gasteiger partial charge in [-0.1, -0.05) is 31.6 Å². The van der Waals surface area contributed by atoms with Crippen LogP contribution in [0.2, 0.25) is 0 Å². The summed E-state index contributed by atoms with van der Waals surface area (Å²) in [6.45, 7) is 0. The predicted octanol–water partition coefficient (Wildman–Crippen LogP) is 2.23. The Kier molecular flexibility index (Phi) is 4.35. The van der Waals surface area contributed by atoms with Gasteiger partial charge in [0, 0.05) is 0 Å². The first-order chi connectivity index (χ1) is 7.13. The number of carbonyl (C=O) groups excluding carboxylic acids is 1. The van der Waals surface area contributed by atoms with E-state index >= 15 is 0 Å². The highest BCUT2D eigenvalue weighted by atomic mass is 16.1. The molecule has 0 atom stereocenters. The van der Waals surface area contributed by atoms with Gasteiger partial charge in [0.05, 0.1) is 12.0 Å². The van der Waals surface area contributed by atoms with Gasteiger partial charge in [0.1, 0.15) is 0 Å². The van der Waals surface area contributed by atoms with Gasteiger partial charge in [0.15, 0.2) is 5.78 Å². The third-order valence-corrected chi connectivity index (χ3v) is 3.57. The van der Waals surface area contributed by atoms with Crippen LogP contribution in [0.15, 0.2) is 0 Å². The van der Waals surface area contributed by atoms with E-state index in [0.717, 1.165) is 25.7 Å². The molecule has 0 aromatic carbocycles. The number of terminal acetylenes is 1. The van der Waals surface area contributed by atoms with Crippen molar-refractivity contribution in [2.45, 2.75) is 50.5 Å². The van der Waals surface area contributed by atoms with E-state index in [9.17, 15) is 4.79 Å². The average molecular weight is 207 g/mol. The molecule has 0 saturated heterocycles. The van der Waals surface area contributed by atoms with Crippen molar-refractivity contribution in [3.63, 3.8) is 0 Å². The fraction of sp³-hybridized carbons (Fsp3) is 0.769. The zero-order valence-electron chi connectivity index (χ0n) is 9.88. The summed E-state index contributed by atoms with van der Waals surface area (Å²) in [4.78, 5) is 14.2. The molecule has 2 nitrogen and oxygen atoms in total. The zero-order chi connectivity index (χ0) is 11.3. The highest BCUT2D eigenvalue weighted by molar-refractivity contribution is 5.90. The van der Waals surface area contributed by atoms with E-state index in [0.29, 0.717) is 0 Å². The van der Waals surface area contributed by atoms with Crippen LogP contribution >= 0.6 is 0 Å². The van der Waals surface area contributed by atoms with E-state index < -0.39 is 0 Å². The molecule has 0 aliphatic heterocycles. The number of nitrogens with zero attached hydrogens (tertiary/aromatic N) is 1. The summed E-state index contributed by atoms with van der Waals surface area (Å²) in [5, 5.41) is 0. The summed E-state index contributed by atoms with van der Waals surface area (Å²) in [6, 6.07) is 0. The van der Waals surface area contributed by atoms with Crippen molar-refractivity contribution < 1.29 is 4.79 Å². The molecule has 1 rings (SSSR count). The zero-order valence-corrected chi connectivity index (χ0v) is 9.88. The van der Waals surface area contributed by atoms with E-state index in [4.69, 9.17) is 6.42 Å². The lowest BCUT2D eigenvalue weighted by Gasteiger charge is -2.37. The van der Waals surface area contributed by atoms with Gasteiger partial charge in [-0.05, 0) is 26.9 Å². The first-order valence-corrected chi connectivity index (χ1v) is 5.78. The molecule has 0 spiro atoms. The van der Waals surface area contributed by atoms with Crippen LogP contribution in [0.25, 0.3) is 0 Å². The molecule has 0 unspecified atom stereocenters. The topological polar surface area (TPSA) is 20.3 Å². The highest BCUT2D eigenvalue weighted by Gasteiger charge is 2.39. The average Bonchev–Trinajstić information content (AvgIpc) is 2.43. The summed E-state index contributed by atoms with van der Waals surface area (Å²) in [5.41, 5.74) is -0.275. The van der Waals surface area contributed by atoms with Crippen molar-refractivity contribution in [2.24, 2.45) is 0 Å². The molecule has 15 heavy (non-hydrogen) atoms. The Labute approximate surface area is 93.0 Å². The van der Waals surface area contributed by atoms with Gasteiger partial charge in [-0.3, -0.25) is 9.69 Å². The first kappa shape index (κ1) is 12.3. The molecule has 1 saturated carbocycles. The quantitative estimate of drug-likeness (QED) is 0.522. The molecule has 1 fully saturated rings. The van der Waals surface area contributed by atoms with Gasteiger partial charge in [-0.2, -0.15) is 0 Å². The molecule has 0 N–H and O–H groups in total. The van der Waals surface area contributed by atoms with Crippen molar-refractivity contribution in [1.82, 2.24) is 4.90 Å². The maximum atomic E-state index is 12.1. The molecule has 1 aliphatic carbocycles. The van der Waals surface area contributed by atoms with Crippen molar-refractivity contribution in [1.29, 1.82) is 0 Å². The molecule has 2 heteroatoms. The molecule has 0 aromatic rings. The summed E-state index contributed by atoms with van der Waals surface area (Å²) in [6.07, 6.45) is 12.3. The second-order valence-electron chi connectivity index (χ2n) is 4.64. The van der Waals surface area contributed by atoms with Crippen molar-refractivity contribution in [2.75, 3.05) is 14.1 Å². The second kappa shape index (κ2) is 5.32. The lowest BCUT2D eigenvalue weighted by Crippen LogP contribution is -2.50. The van der Waals surface area contributed by atoms with Crippen LogP contribution < -0.4 is 0 Å². The van der Waals surface area contributed by atoms with Crippen molar-refractivity contribution in [3.05, 3.63) is 0 Å². The number of hydrogen-bond donors (Lipinski definition) is 0. The lowest BCUT2D eigenvalue weighted by atomic mass is 9.83. The summed E-state index contributed by atoms with van der Waals surface area (Å²) in [7, 11) is 4.00. The first-order valence-electron chi connectivity index (χ1n) is 5.78. The lowest BCUT2D eigenvalue weighted by molar-refractivity contribution is -0.129. The molecule has 0 aromatic heterocycles. The molecule has 1 aliphatic rings. The van der Waals surface area contributed by atoms with Crippen LogP contribution in [0.1, 0.15) is 44.9 Å². The Hall–Kier alpha value is -0.810. The van der Waals surface area contributed by atoms with E-state index in [2.05, 4.69) is 10.8 Å². The summed E-state index contributed by atoms with van der Waals surface area (Å²) in [5.74, 6) is 2.72. The monoisotopic (exact) mass is 207 g/mol. The Morgan fingerprint density at radius 3 is 2.20 bits per heavy atom. The fourth-order valence-electron chi connectivity index (χ4n) is 2.55. The van der Waals surface area contributed by atoms with Gasteiger partial charge < -0.3 is 0 Å². The minimum atomic E-state index is -0.275. The van der Waals surface area contributed by atoms with Gasteiger partial charge in [-0.15, -0.1) is 6.42 Å². The van der Waals surface area contributed by atoms with Crippen molar-refractivity contribution >= 4 is 5.78 Å². The van der Waals surface area contributed by atoms with Crippen LogP contribution in [0.3, 0.4) is 0 Å². The smallest absolute Gasteiger partial charge is 0.164 e. The molecular formula is C13H21NO. The standard InChI is InChI=1S/C13H21NO/c1-4-9-12(15)13(14(2)3)10-7-5-6-8-11-13/h1H,5-11H2,2-3H3. The minimum absolute atomic E-state index is 0.233. The molecule has 84 valence electrons. The molecule has 0 amide bonds. The highest BCUT2D eigenvalue weighted by Crippen LogP contribution is 2.32. The van der Waals surface area contributed by atoms with Crippen LogP contribution in [-0.2, 0) is 4.79 Å². The van der Waals surface area contributed by atoms with Gasteiger partial charge in [-0.25, -0.2) is 0 Å². The Bertz CT molecular complexity index is 254. The number of likely N-dealkylation sites (N-methyl/N-ethyl adjacent to an activating group) is 1. The van der Waals surface area contributed by atoms with E-state index in [1.807, 2.05) is 14.1 Å². The van der Waals surface area contributed by atoms with Crippen LogP contribution in [0, 0.1) is 12.3 Å². The number of Topliss-reactive ketones (excluding diaryl/α,β-unsaturated/α-hetero) is 1. The largest absolute Gasteiger partial charge is 0.297 e. The van der Waals surface area contributed by atoms with Gasteiger partial charge in [0.25, 0.3) is 0 Å². The maximum Gasteiger partial charge on any atom is 0.164 e. The molecule has 0 heterocycles. The van der Waals surface area contributed by atoms with E-state index in [1.165, 1.54) is 12.8 Å². The Morgan fingerprint density at radius 1 is 1.27 bits per heavy atom. The van der Waals surface area contributed by atoms with Crippen LogP contribution in [0.4, 0.5) is 0 Å². The molecule has 0 radical (unpaired) electrons. The van der Waals surface area contributed by atoms with Crippen LogP contribution in [-0.4, -0.2) is 30.3 Å². The normalized spacial score (nSPS) is 20.7. The van der Waals surface area contributed by atoms with Gasteiger partial charge >= 0.3 is 0 Å². The number of carbonyl (C=O) groups is 1. The van der Waals surface area contributed by atoms with Crippen LogP contribution in [0.5, 0.6) is 0 Å². The van der Waals surface area contributed by atoms with Gasteiger partial charge in [0.2, 0.25) is 0 Å². The summed E-state index contributed by atoms with van der Waals surface area (Å²) < 4.78 is 0. The number of ketones is 1. The third kappa shape index (κ3) is 2.60. The molecular weight excluding hydrogens is 186 g/mol. The predicted molar refractivity (Wildman–Crippen MR) is 62.6 cm³/mol. The number of rotatable bonds is 3. The third-order valence-electron chi connectivity index (χ3n) is 3.57. The van der Waals surface area contributed by atoms with Crippen molar-refractivity contribution in [3.8, 4) is 12.3 Å². The van der Waals surface area contributed by atoms with E-state index in [1.54, 1.807) is 0 Å². The Morgan fingerprint density at radius 2 is 1.80 bits per heavy atom.